The Bertz CT molecular complexity index is 1660. The molecule has 1 aliphatic carbocycles. The van der Waals surface area contributed by atoms with E-state index in [0.29, 0.717) is 31.6 Å². The molecule has 7 heteroatoms. The van der Waals surface area contributed by atoms with E-state index in [1.165, 1.54) is 11.3 Å². The molecule has 4 nitrogen and oxygen atoms in total. The number of ketones is 3. The largest absolute Gasteiger partial charge is 0.352 e. The van der Waals surface area contributed by atoms with Gasteiger partial charge in [-0.2, -0.15) is 0 Å². The number of fused-ring (bicyclic) bond motifs is 5. The predicted molar refractivity (Wildman–Crippen MR) is 151 cm³/mol. The first-order valence-electron chi connectivity index (χ1n) is 12.2. The minimum atomic E-state index is -1.57. The summed E-state index contributed by atoms with van der Waals surface area (Å²) in [4.78, 5) is 46.0. The van der Waals surface area contributed by atoms with Gasteiger partial charge in [0.05, 0.1) is 10.9 Å². The number of hydrogen-bond acceptors (Lipinski definition) is 5. The van der Waals surface area contributed by atoms with Gasteiger partial charge in [0.15, 0.2) is 17.3 Å². The summed E-state index contributed by atoms with van der Waals surface area (Å²) in [6, 6.07) is 21.7. The van der Waals surface area contributed by atoms with Gasteiger partial charge in [-0.1, -0.05) is 83.9 Å². The van der Waals surface area contributed by atoms with Gasteiger partial charge in [-0.15, -0.1) is 11.3 Å². The summed E-state index contributed by atoms with van der Waals surface area (Å²) in [7, 11) is 0. The highest BCUT2D eigenvalue weighted by atomic mass is 35.5. The number of anilines is 1. The molecule has 0 unspecified atom stereocenters. The molecular formula is C31H19Cl2NO3S. The fourth-order valence-corrected chi connectivity index (χ4v) is 7.71. The van der Waals surface area contributed by atoms with E-state index in [-0.39, 0.29) is 17.3 Å². The van der Waals surface area contributed by atoms with Crippen LogP contribution in [0, 0.1) is 5.41 Å². The molecule has 186 valence electrons. The third-order valence-electron chi connectivity index (χ3n) is 8.04. The van der Waals surface area contributed by atoms with E-state index < -0.39 is 23.4 Å². The van der Waals surface area contributed by atoms with Gasteiger partial charge in [-0.25, -0.2) is 0 Å². The zero-order valence-electron chi connectivity index (χ0n) is 19.8. The molecule has 7 rings (SSSR count). The molecule has 3 aliphatic rings. The van der Waals surface area contributed by atoms with Crippen LogP contribution in [0.2, 0.25) is 10.0 Å². The second-order valence-electron chi connectivity index (χ2n) is 9.77. The highest BCUT2D eigenvalue weighted by molar-refractivity contribution is 7.12. The molecule has 1 spiro atoms. The molecule has 1 aromatic heterocycles. The number of halogens is 2. The molecule has 38 heavy (non-hydrogen) atoms. The van der Waals surface area contributed by atoms with Crippen molar-refractivity contribution in [3.8, 4) is 0 Å². The number of Topliss-reactive ketones (excluding diaryl/α,β-unsaturated/α-hetero) is 3. The van der Waals surface area contributed by atoms with Gasteiger partial charge in [0.1, 0.15) is 11.5 Å². The minimum Gasteiger partial charge on any atom is -0.352 e. The Morgan fingerprint density at radius 2 is 1.58 bits per heavy atom. The first-order chi connectivity index (χ1) is 18.4. The van der Waals surface area contributed by atoms with Gasteiger partial charge >= 0.3 is 0 Å². The van der Waals surface area contributed by atoms with Crippen molar-refractivity contribution in [3.63, 3.8) is 0 Å². The highest BCUT2D eigenvalue weighted by Crippen LogP contribution is 2.61. The van der Waals surface area contributed by atoms with E-state index >= 15 is 0 Å². The Hall–Kier alpha value is -3.51. The van der Waals surface area contributed by atoms with Crippen molar-refractivity contribution in [2.24, 2.45) is 5.41 Å². The normalized spacial score (nSPS) is 22.5. The standard InChI is InChI=1S/C31H19Cl2NO3S/c32-18-12-13-23-17(16-18)11-14-25-31(29(36)19-6-1-2-7-20(19)30(31)37)26(21-8-3-4-9-22(21)33)27(34(23)25)28(35)24-10-5-15-38-24/h1-16,25-27H/t25-,26+,27+/m1/s1. The van der Waals surface area contributed by atoms with Crippen molar-refractivity contribution >= 4 is 63.7 Å². The average Bonchev–Trinajstić information content (AvgIpc) is 3.62. The van der Waals surface area contributed by atoms with E-state index in [4.69, 9.17) is 23.2 Å². The summed E-state index contributed by atoms with van der Waals surface area (Å²) in [6.07, 6.45) is 3.78. The number of nitrogens with zero attached hydrogens (tertiary/aromatic N) is 1. The smallest absolute Gasteiger partial charge is 0.195 e. The third-order valence-corrected chi connectivity index (χ3v) is 9.50. The van der Waals surface area contributed by atoms with Gasteiger partial charge < -0.3 is 4.90 Å². The SMILES string of the molecule is O=C(c1cccs1)[C@@H]1[C@H](c2ccccc2Cl)C2(C(=O)c3ccccc3C2=O)[C@H]2C=Cc3cc(Cl)ccc3N12. The first kappa shape index (κ1) is 23.6. The molecule has 3 atom stereocenters. The first-order valence-corrected chi connectivity index (χ1v) is 13.8. The van der Waals surface area contributed by atoms with Crippen LogP contribution in [0.1, 0.15) is 47.4 Å². The van der Waals surface area contributed by atoms with Crippen LogP contribution >= 0.6 is 34.5 Å². The van der Waals surface area contributed by atoms with Crippen molar-refractivity contribution in [1.29, 1.82) is 0 Å². The molecule has 0 radical (unpaired) electrons. The molecule has 0 amide bonds. The van der Waals surface area contributed by atoms with Crippen LogP contribution in [0.5, 0.6) is 0 Å². The zero-order valence-corrected chi connectivity index (χ0v) is 22.1. The van der Waals surface area contributed by atoms with E-state index in [1.807, 2.05) is 52.8 Å². The number of hydrogen-bond donors (Lipinski definition) is 0. The molecule has 0 N–H and O–H groups in total. The Kier molecular flexibility index (Phi) is 5.28. The second kappa shape index (κ2) is 8.50. The van der Waals surface area contributed by atoms with Crippen LogP contribution in [0.3, 0.4) is 0 Å². The van der Waals surface area contributed by atoms with Crippen molar-refractivity contribution < 1.29 is 14.4 Å². The maximum absolute atomic E-state index is 14.5. The summed E-state index contributed by atoms with van der Waals surface area (Å²) >= 11 is 14.5. The van der Waals surface area contributed by atoms with Crippen LogP contribution in [-0.4, -0.2) is 29.4 Å². The Labute approximate surface area is 233 Å². The maximum atomic E-state index is 14.5. The van der Waals surface area contributed by atoms with Gasteiger partial charge in [0, 0.05) is 32.8 Å². The Balaban J connectivity index is 1.57. The van der Waals surface area contributed by atoms with Crippen molar-refractivity contribution in [2.45, 2.75) is 18.0 Å². The van der Waals surface area contributed by atoms with Crippen LogP contribution < -0.4 is 4.90 Å². The summed E-state index contributed by atoms with van der Waals surface area (Å²) in [5.74, 6) is -1.53. The van der Waals surface area contributed by atoms with Gasteiger partial charge in [-0.3, -0.25) is 14.4 Å². The molecule has 1 fully saturated rings. The Morgan fingerprint density at radius 1 is 0.868 bits per heavy atom. The van der Waals surface area contributed by atoms with Crippen LogP contribution in [0.4, 0.5) is 5.69 Å². The maximum Gasteiger partial charge on any atom is 0.195 e. The monoisotopic (exact) mass is 555 g/mol. The number of rotatable bonds is 3. The molecule has 1 saturated heterocycles. The van der Waals surface area contributed by atoms with Crippen molar-refractivity contribution in [1.82, 2.24) is 0 Å². The van der Waals surface area contributed by atoms with Gasteiger partial charge in [-0.05, 0) is 46.8 Å². The summed E-state index contributed by atoms with van der Waals surface area (Å²) in [5, 5.41) is 2.83. The van der Waals surface area contributed by atoms with E-state index in [1.54, 1.807) is 48.5 Å². The second-order valence-corrected chi connectivity index (χ2v) is 11.6. The Morgan fingerprint density at radius 3 is 2.26 bits per heavy atom. The lowest BCUT2D eigenvalue weighted by atomic mass is 9.64. The van der Waals surface area contributed by atoms with Gasteiger partial charge in [0.2, 0.25) is 0 Å². The van der Waals surface area contributed by atoms with Crippen molar-refractivity contribution in [3.05, 3.63) is 127 Å². The third kappa shape index (κ3) is 3.01. The van der Waals surface area contributed by atoms with E-state index in [0.717, 1.165) is 11.3 Å². The van der Waals surface area contributed by atoms with Crippen LogP contribution in [-0.2, 0) is 0 Å². The summed E-state index contributed by atoms with van der Waals surface area (Å²) < 4.78 is 0. The number of thiophene rings is 1. The fraction of sp³-hybridized carbons (Fsp3) is 0.129. The number of carbonyl (C=O) groups is 3. The minimum absolute atomic E-state index is 0.153. The molecular weight excluding hydrogens is 537 g/mol. The quantitative estimate of drug-likeness (QED) is 0.195. The fourth-order valence-electron chi connectivity index (χ4n) is 6.58. The van der Waals surface area contributed by atoms with Crippen LogP contribution in [0.15, 0.2) is 90.3 Å². The van der Waals surface area contributed by atoms with Gasteiger partial charge in [0.25, 0.3) is 0 Å². The lowest BCUT2D eigenvalue weighted by Gasteiger charge is -2.37. The molecule has 3 aromatic carbocycles. The number of benzene rings is 3. The van der Waals surface area contributed by atoms with Crippen LogP contribution in [0.25, 0.3) is 6.08 Å². The molecule has 4 aromatic rings. The molecule has 2 aliphatic heterocycles. The lowest BCUT2D eigenvalue weighted by molar-refractivity contribution is 0.0666. The van der Waals surface area contributed by atoms with Crippen molar-refractivity contribution in [2.75, 3.05) is 4.90 Å². The van der Waals surface area contributed by atoms with E-state index in [2.05, 4.69) is 0 Å². The number of carbonyl (C=O) groups excluding carboxylic acids is 3. The summed E-state index contributed by atoms with van der Waals surface area (Å²) in [5.41, 5.74) is 1.38. The zero-order chi connectivity index (χ0) is 26.2. The highest BCUT2D eigenvalue weighted by Gasteiger charge is 2.71. The van der Waals surface area contributed by atoms with E-state index in [9.17, 15) is 14.4 Å². The molecule has 3 heterocycles. The average molecular weight is 556 g/mol. The topological polar surface area (TPSA) is 54.5 Å². The molecule has 0 saturated carbocycles. The predicted octanol–water partition coefficient (Wildman–Crippen LogP) is 7.37. The summed E-state index contributed by atoms with van der Waals surface area (Å²) in [6.45, 7) is 0. The molecule has 0 bridgehead atoms. The lowest BCUT2D eigenvalue weighted by Crippen LogP contribution is -2.48.